The monoisotopic (exact) mass is 430 g/mol. The largest absolute Gasteiger partial charge is 0.461 e. The number of ether oxygens (including phenoxy) is 3. The molecular weight excluding hydrogens is 400 g/mol. The molecule has 3 aliphatic rings. The van der Waals surface area contributed by atoms with Gasteiger partial charge in [-0.2, -0.15) is 0 Å². The van der Waals surface area contributed by atoms with Crippen molar-refractivity contribution in [2.24, 2.45) is 17.8 Å². The fourth-order valence-electron chi connectivity index (χ4n) is 4.70. The maximum atomic E-state index is 13.1. The Morgan fingerprint density at radius 1 is 1.26 bits per heavy atom. The molecule has 0 bridgehead atoms. The van der Waals surface area contributed by atoms with Gasteiger partial charge >= 0.3 is 17.9 Å². The lowest BCUT2D eigenvalue weighted by Gasteiger charge is -2.35. The first-order valence-corrected chi connectivity index (χ1v) is 10.6. The van der Waals surface area contributed by atoms with Gasteiger partial charge in [-0.15, -0.1) is 0 Å². The van der Waals surface area contributed by atoms with Crippen LogP contribution in [0.4, 0.5) is 0 Å². The van der Waals surface area contributed by atoms with Crippen molar-refractivity contribution in [1.82, 2.24) is 0 Å². The molecule has 0 aromatic heterocycles. The van der Waals surface area contributed by atoms with E-state index in [4.69, 9.17) is 14.2 Å². The van der Waals surface area contributed by atoms with Crippen LogP contribution in [0.3, 0.4) is 0 Å². The second kappa shape index (κ2) is 8.09. The lowest BCUT2D eigenvalue weighted by atomic mass is 9.77. The van der Waals surface area contributed by atoms with Crippen molar-refractivity contribution in [3.8, 4) is 0 Å². The fraction of sp³-hybridized carbons (Fsp3) is 0.583. The highest BCUT2D eigenvalue weighted by Crippen LogP contribution is 2.51. The van der Waals surface area contributed by atoms with E-state index in [0.29, 0.717) is 11.1 Å². The van der Waals surface area contributed by atoms with E-state index in [1.54, 1.807) is 39.8 Å². The zero-order valence-corrected chi connectivity index (χ0v) is 19.1. The standard InChI is InChI=1S/C24H30O7/c1-8-12(4)22(27)31-24(7)19-16(29-21(26)11(2)3)10-14(6)17-15(25)9-13(5)18(17)20(19)30-23(24)28/h8-9,11,16,18-20H,10H2,1-7H3/t16-,18+,19+,20-,24-/m0/s1. The number of rotatable bonds is 4. The van der Waals surface area contributed by atoms with Gasteiger partial charge in [0.1, 0.15) is 12.2 Å². The van der Waals surface area contributed by atoms with Crippen LogP contribution in [0.25, 0.3) is 0 Å². The molecule has 0 aromatic rings. The van der Waals surface area contributed by atoms with E-state index < -0.39 is 47.6 Å². The van der Waals surface area contributed by atoms with Gasteiger partial charge in [0.05, 0.1) is 11.8 Å². The molecule has 0 unspecified atom stereocenters. The van der Waals surface area contributed by atoms with Crippen molar-refractivity contribution in [3.05, 3.63) is 34.4 Å². The smallest absolute Gasteiger partial charge is 0.351 e. The minimum absolute atomic E-state index is 0.124. The molecule has 1 fully saturated rings. The summed E-state index contributed by atoms with van der Waals surface area (Å²) in [7, 11) is 0. The molecule has 1 heterocycles. The molecule has 0 spiro atoms. The molecule has 31 heavy (non-hydrogen) atoms. The number of esters is 3. The van der Waals surface area contributed by atoms with E-state index in [-0.39, 0.29) is 18.1 Å². The first-order chi connectivity index (χ1) is 14.4. The third-order valence-electron chi connectivity index (χ3n) is 6.56. The first-order valence-electron chi connectivity index (χ1n) is 10.6. The van der Waals surface area contributed by atoms with Crippen LogP contribution in [0.2, 0.25) is 0 Å². The summed E-state index contributed by atoms with van der Waals surface area (Å²) in [4.78, 5) is 50.9. The second-order valence-corrected chi connectivity index (χ2v) is 9.12. The molecule has 0 saturated carbocycles. The van der Waals surface area contributed by atoms with Crippen molar-refractivity contribution in [2.45, 2.75) is 72.7 Å². The fourth-order valence-corrected chi connectivity index (χ4v) is 4.70. The minimum Gasteiger partial charge on any atom is -0.461 e. The number of fused-ring (bicyclic) bond motifs is 3. The summed E-state index contributed by atoms with van der Waals surface area (Å²) in [5.74, 6) is -3.48. The SMILES string of the molecule is CC=C(C)C(=O)O[C@]1(C)C(=O)O[C@H]2[C@@H]3C(C)=CC(=O)C3=C(C)C[C@H](OC(=O)C(C)C)[C@H]21. The van der Waals surface area contributed by atoms with Gasteiger partial charge in [-0.1, -0.05) is 31.1 Å². The zero-order valence-electron chi connectivity index (χ0n) is 19.1. The summed E-state index contributed by atoms with van der Waals surface area (Å²) in [5.41, 5.74) is 0.828. The molecular formula is C24H30O7. The molecule has 3 rings (SSSR count). The van der Waals surface area contributed by atoms with Crippen molar-refractivity contribution < 1.29 is 33.4 Å². The van der Waals surface area contributed by atoms with Gasteiger partial charge in [-0.05, 0) is 40.7 Å². The van der Waals surface area contributed by atoms with Gasteiger partial charge in [-0.3, -0.25) is 9.59 Å². The topological polar surface area (TPSA) is 96.0 Å². The molecule has 7 heteroatoms. The third-order valence-corrected chi connectivity index (χ3v) is 6.56. The number of hydrogen-bond acceptors (Lipinski definition) is 7. The number of ketones is 1. The van der Waals surface area contributed by atoms with Gasteiger partial charge in [-0.25, -0.2) is 9.59 Å². The Hall–Kier alpha value is -2.70. The van der Waals surface area contributed by atoms with E-state index in [1.807, 2.05) is 13.8 Å². The average molecular weight is 430 g/mol. The number of carbonyl (C=O) groups is 4. The maximum absolute atomic E-state index is 13.1. The predicted octanol–water partition coefficient (Wildman–Crippen LogP) is 3.23. The van der Waals surface area contributed by atoms with Crippen molar-refractivity contribution in [2.75, 3.05) is 0 Å². The van der Waals surface area contributed by atoms with Gasteiger partial charge in [0.25, 0.3) is 0 Å². The van der Waals surface area contributed by atoms with E-state index >= 15 is 0 Å². The Morgan fingerprint density at radius 2 is 1.90 bits per heavy atom. The van der Waals surface area contributed by atoms with Gasteiger partial charge in [0, 0.05) is 23.5 Å². The van der Waals surface area contributed by atoms with Crippen LogP contribution < -0.4 is 0 Å². The molecule has 0 N–H and O–H groups in total. The van der Waals surface area contributed by atoms with Crippen molar-refractivity contribution in [3.63, 3.8) is 0 Å². The average Bonchev–Trinajstić information content (AvgIpc) is 3.07. The van der Waals surface area contributed by atoms with Crippen molar-refractivity contribution >= 4 is 23.7 Å². The Morgan fingerprint density at radius 3 is 2.48 bits per heavy atom. The molecule has 7 nitrogen and oxygen atoms in total. The third kappa shape index (κ3) is 3.75. The highest BCUT2D eigenvalue weighted by molar-refractivity contribution is 6.09. The summed E-state index contributed by atoms with van der Waals surface area (Å²) in [6, 6.07) is 0. The van der Waals surface area contributed by atoms with Crippen LogP contribution in [-0.2, 0) is 33.4 Å². The number of carbonyl (C=O) groups excluding carboxylic acids is 4. The molecule has 168 valence electrons. The van der Waals surface area contributed by atoms with Crippen LogP contribution in [-0.4, -0.2) is 41.5 Å². The van der Waals surface area contributed by atoms with Gasteiger partial charge < -0.3 is 14.2 Å². The number of hydrogen-bond donors (Lipinski definition) is 0. The van der Waals surface area contributed by atoms with E-state index in [2.05, 4.69) is 0 Å². The summed E-state index contributed by atoms with van der Waals surface area (Å²) >= 11 is 0. The summed E-state index contributed by atoms with van der Waals surface area (Å²) < 4.78 is 17.3. The maximum Gasteiger partial charge on any atom is 0.351 e. The highest BCUT2D eigenvalue weighted by Gasteiger charge is 2.65. The molecule has 0 amide bonds. The quantitative estimate of drug-likeness (QED) is 0.384. The minimum atomic E-state index is -1.66. The lowest BCUT2D eigenvalue weighted by molar-refractivity contribution is -0.177. The van der Waals surface area contributed by atoms with E-state index in [1.165, 1.54) is 6.92 Å². The van der Waals surface area contributed by atoms with E-state index in [0.717, 1.165) is 11.1 Å². The van der Waals surface area contributed by atoms with Crippen LogP contribution >= 0.6 is 0 Å². The van der Waals surface area contributed by atoms with Crippen LogP contribution in [0.1, 0.15) is 54.9 Å². The Labute approximate surface area is 182 Å². The van der Waals surface area contributed by atoms with E-state index in [9.17, 15) is 19.2 Å². The first kappa shape index (κ1) is 23.0. The van der Waals surface area contributed by atoms with Crippen LogP contribution in [0, 0.1) is 17.8 Å². The van der Waals surface area contributed by atoms with Gasteiger partial charge in [0.2, 0.25) is 5.60 Å². The second-order valence-electron chi connectivity index (χ2n) is 9.12. The Kier molecular flexibility index (Phi) is 6.00. The van der Waals surface area contributed by atoms with Crippen LogP contribution in [0.5, 0.6) is 0 Å². The molecule has 1 aliphatic heterocycles. The molecule has 0 aromatic carbocycles. The van der Waals surface area contributed by atoms with Crippen LogP contribution in [0.15, 0.2) is 34.4 Å². The Bertz CT molecular complexity index is 936. The lowest BCUT2D eigenvalue weighted by Crippen LogP contribution is -2.50. The molecule has 2 aliphatic carbocycles. The van der Waals surface area contributed by atoms with Gasteiger partial charge in [0.15, 0.2) is 5.78 Å². The molecule has 5 atom stereocenters. The summed E-state index contributed by atoms with van der Waals surface area (Å²) in [5, 5.41) is 0. The molecule has 1 saturated heterocycles. The highest BCUT2D eigenvalue weighted by atomic mass is 16.6. The predicted molar refractivity (Wildman–Crippen MR) is 112 cm³/mol. The molecule has 0 radical (unpaired) electrons. The summed E-state index contributed by atoms with van der Waals surface area (Å²) in [6.07, 6.45) is 1.84. The zero-order chi connectivity index (χ0) is 23.2. The summed E-state index contributed by atoms with van der Waals surface area (Å²) in [6.45, 7) is 11.9. The number of allylic oxidation sites excluding steroid dienone is 2. The van der Waals surface area contributed by atoms with Crippen molar-refractivity contribution in [1.29, 1.82) is 0 Å². The normalized spacial score (nSPS) is 32.9. The Balaban J connectivity index is 2.11.